The van der Waals surface area contributed by atoms with Crippen molar-refractivity contribution < 1.29 is 21.6 Å². The molecule has 1 aliphatic heterocycles. The Kier molecular flexibility index (Phi) is 7.40. The third-order valence-corrected chi connectivity index (χ3v) is 10.9. The molecule has 2 atom stereocenters. The number of hydrogen-bond acceptors (Lipinski definition) is 6. The Bertz CT molecular complexity index is 1430. The van der Waals surface area contributed by atoms with E-state index in [0.717, 1.165) is 28.0 Å². The fraction of sp³-hybridized carbons (Fsp3) is 0.360. The highest BCUT2D eigenvalue weighted by Crippen LogP contribution is 2.36. The highest BCUT2D eigenvalue weighted by Gasteiger charge is 2.34. The molecule has 188 valence electrons. The summed E-state index contributed by atoms with van der Waals surface area (Å²) in [5.41, 5.74) is 2.90. The van der Waals surface area contributed by atoms with Gasteiger partial charge < -0.3 is 4.74 Å². The lowest BCUT2D eigenvalue weighted by Crippen LogP contribution is -2.36. The van der Waals surface area contributed by atoms with Crippen LogP contribution in [0.3, 0.4) is 0 Å². The van der Waals surface area contributed by atoms with E-state index in [-0.39, 0.29) is 34.2 Å². The van der Waals surface area contributed by atoms with Gasteiger partial charge in [-0.15, -0.1) is 11.3 Å². The Balaban J connectivity index is 1.70. The molecule has 35 heavy (non-hydrogen) atoms. The molecule has 2 N–H and O–H groups in total. The maximum Gasteiger partial charge on any atom is 0.247 e. The molecule has 0 radical (unpaired) electrons. The van der Waals surface area contributed by atoms with Crippen LogP contribution in [0.2, 0.25) is 0 Å². The molecule has 0 saturated heterocycles. The predicted molar refractivity (Wildman–Crippen MR) is 138 cm³/mol. The van der Waals surface area contributed by atoms with Crippen LogP contribution in [-0.2, 0) is 26.6 Å². The van der Waals surface area contributed by atoms with Crippen LogP contribution < -0.4 is 9.88 Å². The fourth-order valence-electron chi connectivity index (χ4n) is 4.35. The topological polar surface area (TPSA) is 107 Å². The summed E-state index contributed by atoms with van der Waals surface area (Å²) in [4.78, 5) is 1.09. The number of sulfonamides is 2. The Morgan fingerprint density at radius 3 is 2.54 bits per heavy atom. The van der Waals surface area contributed by atoms with Crippen LogP contribution in [0.25, 0.3) is 0 Å². The zero-order chi connectivity index (χ0) is 25.4. The molecule has 2 heterocycles. The van der Waals surface area contributed by atoms with E-state index in [1.807, 2.05) is 39.0 Å². The molecule has 0 aliphatic carbocycles. The molecular formula is C25H30N2O5S3. The van der Waals surface area contributed by atoms with Gasteiger partial charge in [-0.25, -0.2) is 22.0 Å². The number of aryl methyl sites for hydroxylation is 1. The average Bonchev–Trinajstić information content (AvgIpc) is 3.27. The van der Waals surface area contributed by atoms with E-state index in [1.54, 1.807) is 36.4 Å². The lowest BCUT2D eigenvalue weighted by molar-refractivity contribution is 0.168. The molecule has 1 unspecified atom stereocenters. The highest BCUT2D eigenvalue weighted by atomic mass is 32.2. The van der Waals surface area contributed by atoms with Gasteiger partial charge in [0.15, 0.2) is 0 Å². The summed E-state index contributed by atoms with van der Waals surface area (Å²) >= 11 is 1.18. The van der Waals surface area contributed by atoms with Crippen molar-refractivity contribution in [2.45, 2.75) is 61.3 Å². The average molecular weight is 535 g/mol. The molecular weight excluding hydrogens is 504 g/mol. The summed E-state index contributed by atoms with van der Waals surface area (Å²) in [6.07, 6.45) is 1.19. The summed E-state index contributed by atoms with van der Waals surface area (Å²) in [5.74, 6) is 0.366. The van der Waals surface area contributed by atoms with E-state index >= 15 is 0 Å². The maximum atomic E-state index is 13.6. The monoisotopic (exact) mass is 534 g/mol. The van der Waals surface area contributed by atoms with Crippen LogP contribution in [0.15, 0.2) is 63.7 Å². The molecule has 2 aromatic carbocycles. The molecule has 0 saturated carbocycles. The Hall–Kier alpha value is -2.24. The SMILES string of the molecule is CCC(c1ccc(C)c(CN2C[C@@H](CC)Oc3ccccc3S2(=O)=O)c1)c1ccc(S(N)(=O)=O)s1. The first-order chi connectivity index (χ1) is 16.5. The summed E-state index contributed by atoms with van der Waals surface area (Å²) in [5, 5.41) is 5.30. The van der Waals surface area contributed by atoms with E-state index in [1.165, 1.54) is 15.6 Å². The lowest BCUT2D eigenvalue weighted by Gasteiger charge is -2.24. The van der Waals surface area contributed by atoms with Crippen molar-refractivity contribution in [1.82, 2.24) is 4.31 Å². The Morgan fingerprint density at radius 1 is 1.14 bits per heavy atom. The lowest BCUT2D eigenvalue weighted by atomic mass is 9.92. The zero-order valence-electron chi connectivity index (χ0n) is 20.0. The van der Waals surface area contributed by atoms with Gasteiger partial charge in [0.2, 0.25) is 20.0 Å². The molecule has 10 heteroatoms. The van der Waals surface area contributed by atoms with Crippen molar-refractivity contribution in [3.8, 4) is 5.75 Å². The normalized spacial score (nSPS) is 18.9. The van der Waals surface area contributed by atoms with E-state index in [9.17, 15) is 16.8 Å². The largest absolute Gasteiger partial charge is 0.488 e. The van der Waals surface area contributed by atoms with Crippen molar-refractivity contribution in [1.29, 1.82) is 0 Å². The van der Waals surface area contributed by atoms with Crippen molar-refractivity contribution in [2.75, 3.05) is 6.54 Å². The van der Waals surface area contributed by atoms with Crippen molar-refractivity contribution in [3.63, 3.8) is 0 Å². The Labute approximate surface area is 211 Å². The van der Waals surface area contributed by atoms with Crippen LogP contribution >= 0.6 is 11.3 Å². The first kappa shape index (κ1) is 25.8. The minimum Gasteiger partial charge on any atom is -0.488 e. The van der Waals surface area contributed by atoms with Gasteiger partial charge in [0, 0.05) is 17.3 Å². The molecule has 4 rings (SSSR count). The molecule has 0 bridgehead atoms. The van der Waals surface area contributed by atoms with E-state index in [2.05, 4.69) is 0 Å². The summed E-state index contributed by atoms with van der Waals surface area (Å²) in [7, 11) is -7.51. The number of para-hydroxylation sites is 1. The number of nitrogens with zero attached hydrogens (tertiary/aromatic N) is 1. The van der Waals surface area contributed by atoms with E-state index < -0.39 is 20.0 Å². The number of nitrogens with two attached hydrogens (primary N) is 1. The second-order valence-corrected chi connectivity index (χ2v) is 13.6. The third kappa shape index (κ3) is 5.31. The van der Waals surface area contributed by atoms with Crippen molar-refractivity contribution in [3.05, 3.63) is 76.2 Å². The standard InChI is InChI=1S/C25H30N2O5S3/c1-4-20-16-27(35(30,31)24-9-7-6-8-22(24)32-20)15-19-14-18(11-10-17(19)3)21(5-2)23-12-13-25(33-23)34(26,28)29/h6-14,20-21H,4-5,15-16H2,1-3H3,(H2,26,28,29)/t20-,21?/m1/s1. The number of thiophene rings is 1. The molecule has 7 nitrogen and oxygen atoms in total. The number of fused-ring (bicyclic) bond motifs is 1. The van der Waals surface area contributed by atoms with Gasteiger partial charge >= 0.3 is 0 Å². The van der Waals surface area contributed by atoms with E-state index in [0.29, 0.717) is 12.2 Å². The van der Waals surface area contributed by atoms with Gasteiger partial charge in [-0.05, 0) is 60.7 Å². The minimum atomic E-state index is -3.76. The number of ether oxygens (including phenoxy) is 1. The predicted octanol–water partition coefficient (Wildman–Crippen LogP) is 4.61. The Morgan fingerprint density at radius 2 is 1.89 bits per heavy atom. The van der Waals surface area contributed by atoms with Crippen LogP contribution in [0.5, 0.6) is 5.75 Å². The number of benzene rings is 2. The van der Waals surface area contributed by atoms with Crippen molar-refractivity contribution in [2.24, 2.45) is 5.14 Å². The second-order valence-electron chi connectivity index (χ2n) is 8.74. The number of primary sulfonamides is 1. The second kappa shape index (κ2) is 10.0. The fourth-order valence-corrected chi connectivity index (χ4v) is 7.88. The summed E-state index contributed by atoms with van der Waals surface area (Å²) < 4.78 is 58.3. The van der Waals surface area contributed by atoms with Gasteiger partial charge in [-0.3, -0.25) is 0 Å². The molecule has 1 aromatic heterocycles. The highest BCUT2D eigenvalue weighted by molar-refractivity contribution is 7.91. The minimum absolute atomic E-state index is 0.0250. The number of hydrogen-bond donors (Lipinski definition) is 1. The molecule has 1 aliphatic rings. The van der Waals surface area contributed by atoms with Gasteiger partial charge in [0.05, 0.1) is 6.54 Å². The van der Waals surface area contributed by atoms with Gasteiger partial charge in [0.1, 0.15) is 21.0 Å². The molecule has 0 fully saturated rings. The maximum absolute atomic E-state index is 13.6. The van der Waals surface area contributed by atoms with Gasteiger partial charge in [-0.1, -0.05) is 44.2 Å². The van der Waals surface area contributed by atoms with E-state index in [4.69, 9.17) is 9.88 Å². The summed E-state index contributed by atoms with van der Waals surface area (Å²) in [6.45, 7) is 6.48. The van der Waals surface area contributed by atoms with Gasteiger partial charge in [-0.2, -0.15) is 4.31 Å². The first-order valence-electron chi connectivity index (χ1n) is 11.5. The summed E-state index contributed by atoms with van der Waals surface area (Å²) in [6, 6.07) is 16.2. The molecule has 0 spiro atoms. The smallest absolute Gasteiger partial charge is 0.247 e. The number of rotatable bonds is 7. The van der Waals surface area contributed by atoms with Crippen LogP contribution in [0.1, 0.15) is 54.2 Å². The van der Waals surface area contributed by atoms with Gasteiger partial charge in [0.25, 0.3) is 0 Å². The zero-order valence-corrected chi connectivity index (χ0v) is 22.4. The van der Waals surface area contributed by atoms with Crippen LogP contribution in [0.4, 0.5) is 0 Å². The molecule has 0 amide bonds. The molecule has 3 aromatic rings. The first-order valence-corrected chi connectivity index (χ1v) is 15.3. The quantitative estimate of drug-likeness (QED) is 0.476. The van der Waals surface area contributed by atoms with Crippen LogP contribution in [0, 0.1) is 6.92 Å². The third-order valence-electron chi connectivity index (χ3n) is 6.38. The van der Waals surface area contributed by atoms with Crippen molar-refractivity contribution >= 4 is 31.4 Å². The van der Waals surface area contributed by atoms with Crippen LogP contribution in [-0.4, -0.2) is 33.8 Å².